The lowest BCUT2D eigenvalue weighted by molar-refractivity contribution is -0.137. The van der Waals surface area contributed by atoms with Crippen molar-refractivity contribution in [1.82, 2.24) is 4.90 Å². The number of rotatable bonds is 6. The van der Waals surface area contributed by atoms with E-state index in [0.717, 1.165) is 18.6 Å². The fourth-order valence-corrected chi connectivity index (χ4v) is 1.90. The first-order chi connectivity index (χ1) is 9.60. The maximum absolute atomic E-state index is 12.1. The van der Waals surface area contributed by atoms with Crippen LogP contribution in [0, 0.1) is 0 Å². The van der Waals surface area contributed by atoms with E-state index in [1.165, 1.54) is 4.90 Å². The van der Waals surface area contributed by atoms with Crippen molar-refractivity contribution in [2.24, 2.45) is 0 Å². The number of ether oxygens (including phenoxy) is 1. The number of benzene rings is 1. The van der Waals surface area contributed by atoms with Gasteiger partial charge in [-0.3, -0.25) is 4.79 Å². The van der Waals surface area contributed by atoms with Crippen molar-refractivity contribution in [1.29, 1.82) is 0 Å². The Bertz CT molecular complexity index is 482. The van der Waals surface area contributed by atoms with E-state index in [1.54, 1.807) is 24.3 Å². The van der Waals surface area contributed by atoms with Crippen molar-refractivity contribution in [2.45, 2.75) is 25.8 Å². The fraction of sp³-hybridized carbons (Fsp3) is 0.429. The van der Waals surface area contributed by atoms with Gasteiger partial charge in [-0.05, 0) is 44.0 Å². The predicted octanol–water partition coefficient (Wildman–Crippen LogP) is 2.17. The first-order valence-electron chi connectivity index (χ1n) is 6.62. The number of carbonyl (C=O) groups is 2. The van der Waals surface area contributed by atoms with E-state index in [-0.39, 0.29) is 18.6 Å². The van der Waals surface area contributed by atoms with E-state index < -0.39 is 5.97 Å². The van der Waals surface area contributed by atoms with Gasteiger partial charge in [0.1, 0.15) is 12.3 Å². The third-order valence-electron chi connectivity index (χ3n) is 2.97. The summed E-state index contributed by atoms with van der Waals surface area (Å²) in [6.45, 7) is 2.21. The molecule has 0 aliphatic heterocycles. The maximum Gasteiger partial charge on any atom is 0.323 e. The topological polar surface area (TPSA) is 78.9 Å². The Morgan fingerprint density at radius 1 is 1.35 bits per heavy atom. The zero-order valence-electron chi connectivity index (χ0n) is 11.3. The summed E-state index contributed by atoms with van der Waals surface area (Å²) in [6, 6.07) is 6.66. The molecule has 6 nitrogen and oxygen atoms in total. The van der Waals surface area contributed by atoms with Crippen LogP contribution in [0.4, 0.5) is 10.5 Å². The molecule has 0 radical (unpaired) electrons. The largest absolute Gasteiger partial charge is 0.494 e. The van der Waals surface area contributed by atoms with Gasteiger partial charge in [0.15, 0.2) is 0 Å². The van der Waals surface area contributed by atoms with Crippen molar-refractivity contribution >= 4 is 17.7 Å². The number of hydrogen-bond acceptors (Lipinski definition) is 3. The monoisotopic (exact) mass is 278 g/mol. The van der Waals surface area contributed by atoms with Crippen molar-refractivity contribution < 1.29 is 19.4 Å². The van der Waals surface area contributed by atoms with Crippen molar-refractivity contribution in [3.63, 3.8) is 0 Å². The lowest BCUT2D eigenvalue weighted by atomic mass is 10.3. The summed E-state index contributed by atoms with van der Waals surface area (Å²) in [7, 11) is 0. The zero-order valence-corrected chi connectivity index (χ0v) is 11.3. The van der Waals surface area contributed by atoms with E-state index in [0.29, 0.717) is 12.3 Å². The van der Waals surface area contributed by atoms with Crippen LogP contribution in [0.25, 0.3) is 0 Å². The Morgan fingerprint density at radius 3 is 2.50 bits per heavy atom. The van der Waals surface area contributed by atoms with Crippen LogP contribution in [0.15, 0.2) is 24.3 Å². The molecule has 20 heavy (non-hydrogen) atoms. The third-order valence-corrected chi connectivity index (χ3v) is 2.97. The highest BCUT2D eigenvalue weighted by Gasteiger charge is 2.33. The second kappa shape index (κ2) is 6.27. The number of hydrogen-bond donors (Lipinski definition) is 2. The molecule has 1 aromatic rings. The molecule has 0 unspecified atom stereocenters. The number of carboxylic acid groups (broad SMARTS) is 1. The number of aliphatic carboxylic acids is 1. The molecular weight excluding hydrogens is 260 g/mol. The molecule has 1 aliphatic carbocycles. The van der Waals surface area contributed by atoms with Crippen molar-refractivity contribution in [2.75, 3.05) is 18.5 Å². The molecule has 108 valence electrons. The summed E-state index contributed by atoms with van der Waals surface area (Å²) >= 11 is 0. The summed E-state index contributed by atoms with van der Waals surface area (Å²) in [5.41, 5.74) is 0.620. The molecule has 0 heterocycles. The quantitative estimate of drug-likeness (QED) is 0.835. The molecule has 2 rings (SSSR count). The Balaban J connectivity index is 1.96. The molecule has 1 aliphatic rings. The molecule has 1 aromatic carbocycles. The average molecular weight is 278 g/mol. The van der Waals surface area contributed by atoms with Gasteiger partial charge in [-0.15, -0.1) is 0 Å². The molecule has 1 fully saturated rings. The van der Waals surface area contributed by atoms with Gasteiger partial charge in [0.2, 0.25) is 0 Å². The molecule has 0 saturated heterocycles. The lowest BCUT2D eigenvalue weighted by Gasteiger charge is -2.20. The number of carbonyl (C=O) groups excluding carboxylic acids is 1. The minimum Gasteiger partial charge on any atom is -0.494 e. The summed E-state index contributed by atoms with van der Waals surface area (Å²) in [5, 5.41) is 11.5. The van der Waals surface area contributed by atoms with Gasteiger partial charge in [-0.25, -0.2) is 4.79 Å². The van der Waals surface area contributed by atoms with Crippen LogP contribution in [0.1, 0.15) is 19.8 Å². The van der Waals surface area contributed by atoms with Gasteiger partial charge in [0.05, 0.1) is 6.61 Å². The summed E-state index contributed by atoms with van der Waals surface area (Å²) < 4.78 is 5.31. The summed E-state index contributed by atoms with van der Waals surface area (Å²) in [4.78, 5) is 24.2. The highest BCUT2D eigenvalue weighted by atomic mass is 16.5. The molecule has 2 amide bonds. The Hall–Kier alpha value is -2.24. The fourth-order valence-electron chi connectivity index (χ4n) is 1.90. The first-order valence-corrected chi connectivity index (χ1v) is 6.62. The van der Waals surface area contributed by atoms with Gasteiger partial charge in [0, 0.05) is 11.7 Å². The average Bonchev–Trinajstić information content (AvgIpc) is 3.22. The number of nitrogens with one attached hydrogen (secondary N) is 1. The van der Waals surface area contributed by atoms with Gasteiger partial charge < -0.3 is 20.1 Å². The van der Waals surface area contributed by atoms with Crippen LogP contribution in [0.5, 0.6) is 5.75 Å². The van der Waals surface area contributed by atoms with Gasteiger partial charge in [0.25, 0.3) is 0 Å². The summed E-state index contributed by atoms with van der Waals surface area (Å²) in [5.74, 6) is -0.270. The third kappa shape index (κ3) is 3.88. The van der Waals surface area contributed by atoms with E-state index in [4.69, 9.17) is 9.84 Å². The number of anilines is 1. The van der Waals surface area contributed by atoms with Crippen LogP contribution in [-0.2, 0) is 4.79 Å². The second-order valence-corrected chi connectivity index (χ2v) is 4.64. The number of carboxylic acids is 1. The molecule has 2 N–H and O–H groups in total. The molecule has 0 atom stereocenters. The number of nitrogens with zero attached hydrogens (tertiary/aromatic N) is 1. The molecule has 0 spiro atoms. The Kier molecular flexibility index (Phi) is 4.45. The van der Waals surface area contributed by atoms with E-state index in [9.17, 15) is 9.59 Å². The normalized spacial score (nSPS) is 13.7. The van der Waals surface area contributed by atoms with Crippen molar-refractivity contribution in [3.05, 3.63) is 24.3 Å². The minimum absolute atomic E-state index is 0.0498. The second-order valence-electron chi connectivity index (χ2n) is 4.64. The predicted molar refractivity (Wildman–Crippen MR) is 74.0 cm³/mol. The van der Waals surface area contributed by atoms with Crippen LogP contribution >= 0.6 is 0 Å². The lowest BCUT2D eigenvalue weighted by Crippen LogP contribution is -2.40. The Labute approximate surface area is 117 Å². The van der Waals surface area contributed by atoms with Crippen molar-refractivity contribution in [3.8, 4) is 5.75 Å². The van der Waals surface area contributed by atoms with Crippen LogP contribution in [0.2, 0.25) is 0 Å². The van der Waals surface area contributed by atoms with E-state index >= 15 is 0 Å². The van der Waals surface area contributed by atoms with Crippen LogP contribution in [-0.4, -0.2) is 41.2 Å². The molecular formula is C14H18N2O4. The maximum atomic E-state index is 12.1. The smallest absolute Gasteiger partial charge is 0.323 e. The standard InChI is InChI=1S/C14H18N2O4/c1-2-20-12-7-3-10(4-8-12)15-14(19)16(9-13(17)18)11-5-6-11/h3-4,7-8,11H,2,5-6,9H2,1H3,(H,15,19)(H,17,18). The molecule has 1 saturated carbocycles. The van der Waals surface area contributed by atoms with E-state index in [1.807, 2.05) is 6.92 Å². The van der Waals surface area contributed by atoms with Gasteiger partial charge in [-0.1, -0.05) is 0 Å². The Morgan fingerprint density at radius 2 is 2.00 bits per heavy atom. The van der Waals surface area contributed by atoms with E-state index in [2.05, 4.69) is 5.32 Å². The SMILES string of the molecule is CCOc1ccc(NC(=O)N(CC(=O)O)C2CC2)cc1. The molecule has 6 heteroatoms. The first kappa shape index (κ1) is 14.2. The number of urea groups is 1. The highest BCUT2D eigenvalue weighted by molar-refractivity contribution is 5.91. The highest BCUT2D eigenvalue weighted by Crippen LogP contribution is 2.27. The number of amides is 2. The van der Waals surface area contributed by atoms with Gasteiger partial charge in [-0.2, -0.15) is 0 Å². The minimum atomic E-state index is -1.00. The van der Waals surface area contributed by atoms with Gasteiger partial charge >= 0.3 is 12.0 Å². The van der Waals surface area contributed by atoms with Crippen LogP contribution < -0.4 is 10.1 Å². The van der Waals surface area contributed by atoms with Crippen LogP contribution in [0.3, 0.4) is 0 Å². The molecule has 0 aromatic heterocycles. The zero-order chi connectivity index (χ0) is 14.5. The molecule has 0 bridgehead atoms. The summed E-state index contributed by atoms with van der Waals surface area (Å²) in [6.07, 6.45) is 1.73.